The van der Waals surface area contributed by atoms with Crippen LogP contribution in [0.1, 0.15) is 30.6 Å². The number of nitro benzene ring substituents is 1. The number of rotatable bonds is 6. The molecule has 0 heterocycles. The molecule has 98 valence electrons. The maximum Gasteiger partial charge on any atom is 0.284 e. The van der Waals surface area contributed by atoms with Crippen molar-refractivity contribution in [1.82, 2.24) is 0 Å². The Hall–Kier alpha value is -2.11. The van der Waals surface area contributed by atoms with Gasteiger partial charge in [-0.25, -0.2) is 0 Å². The van der Waals surface area contributed by atoms with Gasteiger partial charge in [0.25, 0.3) is 5.69 Å². The summed E-state index contributed by atoms with van der Waals surface area (Å²) in [6.45, 7) is 3.81. The molecule has 0 aliphatic heterocycles. The van der Waals surface area contributed by atoms with E-state index in [4.69, 9.17) is 9.47 Å². The van der Waals surface area contributed by atoms with Crippen LogP contribution in [-0.2, 0) is 0 Å². The number of carbonyl (C=O) groups excluding carboxylic acids is 1. The molecule has 1 aromatic rings. The Bertz CT molecular complexity index is 470. The Kier molecular flexibility index (Phi) is 4.65. The Balaban J connectivity index is 3.41. The molecule has 0 unspecified atom stereocenters. The molecule has 0 saturated heterocycles. The van der Waals surface area contributed by atoms with E-state index in [0.717, 1.165) is 0 Å². The lowest BCUT2D eigenvalue weighted by molar-refractivity contribution is -0.385. The smallest absolute Gasteiger partial charge is 0.284 e. The van der Waals surface area contributed by atoms with Crippen LogP contribution in [-0.4, -0.2) is 24.4 Å². The highest BCUT2D eigenvalue weighted by molar-refractivity contribution is 6.00. The molecule has 0 fully saturated rings. The van der Waals surface area contributed by atoms with Crippen molar-refractivity contribution in [2.24, 2.45) is 0 Å². The van der Waals surface area contributed by atoms with Crippen LogP contribution in [0.5, 0.6) is 11.5 Å². The molecule has 0 amide bonds. The van der Waals surface area contributed by atoms with Crippen molar-refractivity contribution in [3.8, 4) is 11.5 Å². The van der Waals surface area contributed by atoms with E-state index in [2.05, 4.69) is 0 Å². The van der Waals surface area contributed by atoms with E-state index in [0.29, 0.717) is 12.4 Å². The number of hydrogen-bond donors (Lipinski definition) is 0. The van der Waals surface area contributed by atoms with Crippen molar-refractivity contribution in [3.05, 3.63) is 27.8 Å². The Labute approximate surface area is 105 Å². The predicted molar refractivity (Wildman–Crippen MR) is 65.4 cm³/mol. The van der Waals surface area contributed by atoms with Crippen molar-refractivity contribution in [2.45, 2.75) is 20.3 Å². The van der Waals surface area contributed by atoms with Gasteiger partial charge in [0.15, 0.2) is 17.3 Å². The summed E-state index contributed by atoms with van der Waals surface area (Å²) in [7, 11) is 1.39. The third-order valence-electron chi connectivity index (χ3n) is 2.40. The van der Waals surface area contributed by atoms with Crippen LogP contribution in [0.2, 0.25) is 0 Å². The van der Waals surface area contributed by atoms with E-state index in [9.17, 15) is 14.9 Å². The molecule has 0 aromatic heterocycles. The molecule has 0 N–H and O–H groups in total. The molecular formula is C12H15NO5. The summed E-state index contributed by atoms with van der Waals surface area (Å²) in [5.41, 5.74) is -0.214. The van der Waals surface area contributed by atoms with E-state index >= 15 is 0 Å². The van der Waals surface area contributed by atoms with Gasteiger partial charge in [0.2, 0.25) is 0 Å². The molecule has 1 rings (SSSR count). The number of ketones is 1. The van der Waals surface area contributed by atoms with Crippen molar-refractivity contribution in [2.75, 3.05) is 13.7 Å². The average Bonchev–Trinajstić information content (AvgIpc) is 2.37. The fourth-order valence-electron chi connectivity index (χ4n) is 1.54. The molecule has 0 aliphatic carbocycles. The van der Waals surface area contributed by atoms with Crippen LogP contribution >= 0.6 is 0 Å². The van der Waals surface area contributed by atoms with Crippen molar-refractivity contribution in [3.63, 3.8) is 0 Å². The Morgan fingerprint density at radius 2 is 2.00 bits per heavy atom. The second-order valence-corrected chi connectivity index (χ2v) is 3.49. The standard InChI is InChI=1S/C12H15NO5/c1-4-10(14)8-6-12(18-5-2)11(17-3)7-9(8)13(15)16/h6-7H,4-5H2,1-3H3. The summed E-state index contributed by atoms with van der Waals surface area (Å²) in [6, 6.07) is 2.58. The second kappa shape index (κ2) is 6.00. The molecule has 0 radical (unpaired) electrons. The quantitative estimate of drug-likeness (QED) is 0.442. The summed E-state index contributed by atoms with van der Waals surface area (Å²) >= 11 is 0. The maximum atomic E-state index is 11.7. The van der Waals surface area contributed by atoms with Crippen LogP contribution in [0, 0.1) is 10.1 Å². The summed E-state index contributed by atoms with van der Waals surface area (Å²) in [5, 5.41) is 10.9. The number of nitro groups is 1. The summed E-state index contributed by atoms with van der Waals surface area (Å²) in [5.74, 6) is 0.281. The van der Waals surface area contributed by atoms with E-state index < -0.39 is 4.92 Å². The number of ether oxygens (including phenoxy) is 2. The van der Waals surface area contributed by atoms with E-state index in [1.54, 1.807) is 13.8 Å². The van der Waals surface area contributed by atoms with E-state index in [-0.39, 0.29) is 29.2 Å². The first-order chi connectivity index (χ1) is 8.54. The first-order valence-corrected chi connectivity index (χ1v) is 5.57. The van der Waals surface area contributed by atoms with Gasteiger partial charge in [-0.15, -0.1) is 0 Å². The number of nitrogens with zero attached hydrogens (tertiary/aromatic N) is 1. The summed E-state index contributed by atoms with van der Waals surface area (Å²) < 4.78 is 10.3. The molecule has 0 atom stereocenters. The molecule has 0 spiro atoms. The van der Waals surface area contributed by atoms with Crippen LogP contribution in [0.3, 0.4) is 0 Å². The van der Waals surface area contributed by atoms with Crippen LogP contribution in [0.25, 0.3) is 0 Å². The second-order valence-electron chi connectivity index (χ2n) is 3.49. The molecule has 18 heavy (non-hydrogen) atoms. The normalized spacial score (nSPS) is 9.94. The molecule has 6 heteroatoms. The van der Waals surface area contributed by atoms with Crippen LogP contribution < -0.4 is 9.47 Å². The highest BCUT2D eigenvalue weighted by atomic mass is 16.6. The van der Waals surface area contributed by atoms with Crippen LogP contribution in [0.15, 0.2) is 12.1 Å². The fraction of sp³-hybridized carbons (Fsp3) is 0.417. The lowest BCUT2D eigenvalue weighted by Gasteiger charge is -2.11. The lowest BCUT2D eigenvalue weighted by Crippen LogP contribution is -2.05. The Morgan fingerprint density at radius 1 is 1.33 bits per heavy atom. The molecule has 0 saturated carbocycles. The Morgan fingerprint density at radius 3 is 2.44 bits per heavy atom. The van der Waals surface area contributed by atoms with Crippen LogP contribution in [0.4, 0.5) is 5.69 Å². The van der Waals surface area contributed by atoms with Gasteiger partial charge in [-0.1, -0.05) is 6.92 Å². The maximum absolute atomic E-state index is 11.7. The van der Waals surface area contributed by atoms with Gasteiger partial charge in [-0.3, -0.25) is 14.9 Å². The number of carbonyl (C=O) groups is 1. The zero-order valence-corrected chi connectivity index (χ0v) is 10.6. The molecule has 0 bridgehead atoms. The summed E-state index contributed by atoms with van der Waals surface area (Å²) in [6.07, 6.45) is 0.193. The van der Waals surface area contributed by atoms with Gasteiger partial charge in [0, 0.05) is 12.5 Å². The molecular weight excluding hydrogens is 238 g/mol. The highest BCUT2D eigenvalue weighted by Crippen LogP contribution is 2.35. The van der Waals surface area contributed by atoms with Gasteiger partial charge in [-0.05, 0) is 6.92 Å². The molecule has 6 nitrogen and oxygen atoms in total. The number of benzene rings is 1. The number of hydrogen-bond acceptors (Lipinski definition) is 5. The summed E-state index contributed by atoms with van der Waals surface area (Å²) in [4.78, 5) is 22.0. The third kappa shape index (κ3) is 2.77. The predicted octanol–water partition coefficient (Wildman–Crippen LogP) is 2.59. The van der Waals surface area contributed by atoms with Crippen molar-refractivity contribution < 1.29 is 19.2 Å². The van der Waals surface area contributed by atoms with Gasteiger partial charge >= 0.3 is 0 Å². The minimum absolute atomic E-state index is 0.0479. The largest absolute Gasteiger partial charge is 0.493 e. The van der Waals surface area contributed by atoms with Gasteiger partial charge in [0.05, 0.1) is 30.3 Å². The molecule has 1 aromatic carbocycles. The fourth-order valence-corrected chi connectivity index (χ4v) is 1.54. The zero-order valence-electron chi connectivity index (χ0n) is 10.6. The van der Waals surface area contributed by atoms with Crippen molar-refractivity contribution >= 4 is 11.5 Å². The zero-order chi connectivity index (χ0) is 13.7. The van der Waals surface area contributed by atoms with E-state index in [1.807, 2.05) is 0 Å². The number of Topliss-reactive ketones (excluding diaryl/α,β-unsaturated/α-hetero) is 1. The lowest BCUT2D eigenvalue weighted by atomic mass is 10.1. The average molecular weight is 253 g/mol. The van der Waals surface area contributed by atoms with E-state index in [1.165, 1.54) is 19.2 Å². The van der Waals surface area contributed by atoms with Gasteiger partial charge < -0.3 is 9.47 Å². The van der Waals surface area contributed by atoms with Crippen molar-refractivity contribution in [1.29, 1.82) is 0 Å². The van der Waals surface area contributed by atoms with Gasteiger partial charge in [-0.2, -0.15) is 0 Å². The third-order valence-corrected chi connectivity index (χ3v) is 2.40. The first-order valence-electron chi connectivity index (χ1n) is 5.57. The molecule has 0 aliphatic rings. The minimum Gasteiger partial charge on any atom is -0.493 e. The van der Waals surface area contributed by atoms with Gasteiger partial charge in [0.1, 0.15) is 0 Å². The topological polar surface area (TPSA) is 78.7 Å². The first kappa shape index (κ1) is 14.0. The monoisotopic (exact) mass is 253 g/mol. The number of methoxy groups -OCH3 is 1. The minimum atomic E-state index is -0.596. The SMILES string of the molecule is CCOc1cc(C(=O)CC)c([N+](=O)[O-])cc1OC. The highest BCUT2D eigenvalue weighted by Gasteiger charge is 2.23.